The van der Waals surface area contributed by atoms with Gasteiger partial charge >= 0.3 is 5.97 Å². The van der Waals surface area contributed by atoms with Gasteiger partial charge < -0.3 is 9.47 Å². The lowest BCUT2D eigenvalue weighted by atomic mass is 9.91. The Morgan fingerprint density at radius 2 is 2.20 bits per heavy atom. The van der Waals surface area contributed by atoms with E-state index in [2.05, 4.69) is 14.9 Å². The average Bonchev–Trinajstić information content (AvgIpc) is 2.49. The van der Waals surface area contributed by atoms with E-state index in [1.54, 1.807) is 18.6 Å². The largest absolute Gasteiger partial charge is 0.466 e. The molecule has 6 nitrogen and oxygen atoms in total. The molecule has 6 heteroatoms. The molecule has 0 radical (unpaired) electrons. The van der Waals surface area contributed by atoms with E-state index in [9.17, 15) is 4.79 Å². The van der Waals surface area contributed by atoms with Gasteiger partial charge in [-0.3, -0.25) is 19.7 Å². The molecule has 110 valence electrons. The summed E-state index contributed by atoms with van der Waals surface area (Å²) < 4.78 is 10.5. The Bertz CT molecular complexity index is 435. The van der Waals surface area contributed by atoms with Crippen LogP contribution in [0.2, 0.25) is 0 Å². The molecular formula is C14H21N3O3. The average molecular weight is 279 g/mol. The molecule has 1 aliphatic rings. The van der Waals surface area contributed by atoms with Crippen molar-refractivity contribution in [3.63, 3.8) is 0 Å². The zero-order valence-corrected chi connectivity index (χ0v) is 12.0. The fourth-order valence-corrected chi connectivity index (χ4v) is 2.49. The third-order valence-corrected chi connectivity index (χ3v) is 3.62. The van der Waals surface area contributed by atoms with Gasteiger partial charge in [-0.05, 0) is 13.8 Å². The van der Waals surface area contributed by atoms with Gasteiger partial charge in [-0.1, -0.05) is 0 Å². The first-order chi connectivity index (χ1) is 9.66. The lowest BCUT2D eigenvalue weighted by Gasteiger charge is -2.42. The molecule has 1 unspecified atom stereocenters. The third-order valence-electron chi connectivity index (χ3n) is 3.62. The molecule has 0 aliphatic carbocycles. The lowest BCUT2D eigenvalue weighted by Crippen LogP contribution is -2.51. The maximum absolute atomic E-state index is 11.9. The minimum Gasteiger partial charge on any atom is -0.466 e. The van der Waals surface area contributed by atoms with Crippen LogP contribution in [0.4, 0.5) is 0 Å². The predicted octanol–water partition coefficient (Wildman–Crippen LogP) is 0.977. The molecule has 2 heterocycles. The van der Waals surface area contributed by atoms with Crippen molar-refractivity contribution in [1.29, 1.82) is 0 Å². The van der Waals surface area contributed by atoms with E-state index in [0.717, 1.165) is 18.8 Å². The van der Waals surface area contributed by atoms with Crippen LogP contribution in [-0.2, 0) is 19.8 Å². The second-order valence-corrected chi connectivity index (χ2v) is 4.95. The first-order valence-corrected chi connectivity index (χ1v) is 6.91. The number of rotatable bonds is 5. The normalized spacial score (nSPS) is 19.3. The SMILES string of the molecule is CCOC(=O)CC(C)(c1cnccn1)N1CCOCC1. The summed E-state index contributed by atoms with van der Waals surface area (Å²) in [5.74, 6) is -0.216. The maximum atomic E-state index is 11.9. The summed E-state index contributed by atoms with van der Waals surface area (Å²) in [4.78, 5) is 22.7. The minimum absolute atomic E-state index is 0.216. The van der Waals surface area contributed by atoms with Crippen LogP contribution in [0, 0.1) is 0 Å². The van der Waals surface area contributed by atoms with Crippen molar-refractivity contribution in [1.82, 2.24) is 14.9 Å². The highest BCUT2D eigenvalue weighted by Gasteiger charge is 2.38. The van der Waals surface area contributed by atoms with E-state index in [-0.39, 0.29) is 12.4 Å². The number of nitrogens with zero attached hydrogens (tertiary/aromatic N) is 3. The molecule has 1 saturated heterocycles. The zero-order chi connectivity index (χ0) is 14.4. The Morgan fingerprint density at radius 1 is 1.45 bits per heavy atom. The molecule has 0 amide bonds. The summed E-state index contributed by atoms with van der Waals surface area (Å²) in [5, 5.41) is 0. The molecule has 1 aliphatic heterocycles. The maximum Gasteiger partial charge on any atom is 0.308 e. The molecule has 0 aromatic carbocycles. The molecule has 0 spiro atoms. The van der Waals surface area contributed by atoms with E-state index in [1.165, 1.54) is 0 Å². The van der Waals surface area contributed by atoms with E-state index in [0.29, 0.717) is 19.8 Å². The van der Waals surface area contributed by atoms with E-state index in [1.807, 2.05) is 13.8 Å². The molecular weight excluding hydrogens is 258 g/mol. The molecule has 2 rings (SSSR count). The standard InChI is InChI=1S/C14H21N3O3/c1-3-20-13(18)10-14(2,12-11-15-4-5-16-12)17-6-8-19-9-7-17/h4-5,11H,3,6-10H2,1-2H3. The highest BCUT2D eigenvalue weighted by atomic mass is 16.5. The number of aromatic nitrogens is 2. The van der Waals surface area contributed by atoms with Crippen molar-refractivity contribution in [3.8, 4) is 0 Å². The van der Waals surface area contributed by atoms with Gasteiger partial charge in [-0.15, -0.1) is 0 Å². The summed E-state index contributed by atoms with van der Waals surface area (Å²) in [7, 11) is 0. The fraction of sp³-hybridized carbons (Fsp3) is 0.643. The van der Waals surface area contributed by atoms with Crippen molar-refractivity contribution in [2.75, 3.05) is 32.9 Å². The van der Waals surface area contributed by atoms with Gasteiger partial charge in [0.2, 0.25) is 0 Å². The summed E-state index contributed by atoms with van der Waals surface area (Å²) >= 11 is 0. The van der Waals surface area contributed by atoms with Crippen LogP contribution in [0.3, 0.4) is 0 Å². The number of ether oxygens (including phenoxy) is 2. The molecule has 1 fully saturated rings. The molecule has 0 bridgehead atoms. The first kappa shape index (κ1) is 14.9. The summed E-state index contributed by atoms with van der Waals surface area (Å²) in [6.07, 6.45) is 5.26. The van der Waals surface area contributed by atoms with Gasteiger partial charge in [0.15, 0.2) is 0 Å². The molecule has 1 aromatic rings. The second kappa shape index (κ2) is 6.76. The molecule has 0 N–H and O–H groups in total. The van der Waals surface area contributed by atoms with Crippen LogP contribution in [-0.4, -0.2) is 53.7 Å². The predicted molar refractivity (Wildman–Crippen MR) is 73.0 cm³/mol. The van der Waals surface area contributed by atoms with Crippen molar-refractivity contribution >= 4 is 5.97 Å². The molecule has 1 atom stereocenters. The first-order valence-electron chi connectivity index (χ1n) is 6.91. The second-order valence-electron chi connectivity index (χ2n) is 4.95. The van der Waals surface area contributed by atoms with Crippen LogP contribution in [0.25, 0.3) is 0 Å². The van der Waals surface area contributed by atoms with Crippen molar-refractivity contribution in [2.45, 2.75) is 25.8 Å². The quantitative estimate of drug-likeness (QED) is 0.749. The van der Waals surface area contributed by atoms with Gasteiger partial charge in [0.05, 0.1) is 43.7 Å². The zero-order valence-electron chi connectivity index (χ0n) is 12.0. The van der Waals surface area contributed by atoms with Crippen LogP contribution < -0.4 is 0 Å². The molecule has 0 saturated carbocycles. The highest BCUT2D eigenvalue weighted by Crippen LogP contribution is 2.31. The van der Waals surface area contributed by atoms with Crippen LogP contribution >= 0.6 is 0 Å². The topological polar surface area (TPSA) is 64.5 Å². The summed E-state index contributed by atoms with van der Waals surface area (Å²) in [6.45, 7) is 7.08. The Balaban J connectivity index is 2.24. The Labute approximate surface area is 119 Å². The van der Waals surface area contributed by atoms with Crippen LogP contribution in [0.5, 0.6) is 0 Å². The van der Waals surface area contributed by atoms with E-state index in [4.69, 9.17) is 9.47 Å². The van der Waals surface area contributed by atoms with E-state index < -0.39 is 5.54 Å². The van der Waals surface area contributed by atoms with Crippen molar-refractivity contribution in [3.05, 3.63) is 24.3 Å². The smallest absolute Gasteiger partial charge is 0.308 e. The number of morpholine rings is 1. The van der Waals surface area contributed by atoms with Gasteiger partial charge in [0.25, 0.3) is 0 Å². The highest BCUT2D eigenvalue weighted by molar-refractivity contribution is 5.71. The van der Waals surface area contributed by atoms with Crippen molar-refractivity contribution in [2.24, 2.45) is 0 Å². The number of hydrogen-bond donors (Lipinski definition) is 0. The van der Waals surface area contributed by atoms with E-state index >= 15 is 0 Å². The fourth-order valence-electron chi connectivity index (χ4n) is 2.49. The van der Waals surface area contributed by atoms with Crippen LogP contribution in [0.15, 0.2) is 18.6 Å². The Kier molecular flexibility index (Phi) is 5.03. The summed E-state index contributed by atoms with van der Waals surface area (Å²) in [5.41, 5.74) is 0.277. The monoisotopic (exact) mass is 279 g/mol. The van der Waals surface area contributed by atoms with Crippen molar-refractivity contribution < 1.29 is 14.3 Å². The van der Waals surface area contributed by atoms with Gasteiger partial charge in [-0.25, -0.2) is 0 Å². The molecule has 1 aromatic heterocycles. The number of carbonyl (C=O) groups excluding carboxylic acids is 1. The summed E-state index contributed by atoms with van der Waals surface area (Å²) in [6, 6.07) is 0. The minimum atomic E-state index is -0.510. The van der Waals surface area contributed by atoms with Gasteiger partial charge in [-0.2, -0.15) is 0 Å². The number of carbonyl (C=O) groups is 1. The van der Waals surface area contributed by atoms with Gasteiger partial charge in [0.1, 0.15) is 0 Å². The third kappa shape index (κ3) is 3.32. The number of esters is 1. The van der Waals surface area contributed by atoms with Crippen LogP contribution in [0.1, 0.15) is 26.0 Å². The van der Waals surface area contributed by atoms with Gasteiger partial charge in [0, 0.05) is 25.5 Å². The Hall–Kier alpha value is -1.53. The molecule has 20 heavy (non-hydrogen) atoms. The Morgan fingerprint density at radius 3 is 2.80 bits per heavy atom. The number of hydrogen-bond acceptors (Lipinski definition) is 6. The lowest BCUT2D eigenvalue weighted by molar-refractivity contribution is -0.147.